The fraction of sp³-hybridized carbons (Fsp3) is 0.556. The van der Waals surface area contributed by atoms with Gasteiger partial charge in [0.25, 0.3) is 10.0 Å². The largest absolute Gasteiger partial charge is 0.480 e. The van der Waals surface area contributed by atoms with Crippen molar-refractivity contribution in [3.8, 4) is 0 Å². The number of anilines is 1. The fourth-order valence-corrected chi connectivity index (χ4v) is 3.94. The van der Waals surface area contributed by atoms with E-state index in [1.807, 2.05) is 0 Å². The fourth-order valence-electron chi connectivity index (χ4n) is 1.29. The van der Waals surface area contributed by atoms with Crippen LogP contribution in [0.5, 0.6) is 0 Å². The summed E-state index contributed by atoms with van der Waals surface area (Å²) in [5, 5.41) is 18.1. The molecule has 0 aliphatic carbocycles. The second kappa shape index (κ2) is 6.24. The van der Waals surface area contributed by atoms with Gasteiger partial charge in [0.2, 0.25) is 15.4 Å². The Morgan fingerprint density at radius 1 is 1.40 bits per heavy atom. The van der Waals surface area contributed by atoms with Gasteiger partial charge in [-0.25, -0.2) is 8.42 Å². The highest BCUT2D eigenvalue weighted by atomic mass is 32.2. The maximum atomic E-state index is 12.3. The second-order valence-electron chi connectivity index (χ2n) is 4.09. The molecule has 1 aromatic rings. The predicted octanol–water partition coefficient (Wildman–Crippen LogP) is -0.0198. The molecule has 0 aliphatic rings. The zero-order valence-corrected chi connectivity index (χ0v) is 12.7. The number of carboxylic acid groups (broad SMARTS) is 1. The molecule has 0 unspecified atom stereocenters. The van der Waals surface area contributed by atoms with Crippen LogP contribution in [0, 0.1) is 0 Å². The van der Waals surface area contributed by atoms with Gasteiger partial charge < -0.3 is 10.4 Å². The van der Waals surface area contributed by atoms with Crippen LogP contribution in [0.4, 0.5) is 5.13 Å². The number of carbonyl (C=O) groups excluding carboxylic acids is 1. The summed E-state index contributed by atoms with van der Waals surface area (Å²) in [4.78, 5) is 21.6. The average Bonchev–Trinajstić information content (AvgIpc) is 2.73. The lowest BCUT2D eigenvalue weighted by Gasteiger charge is -2.22. The van der Waals surface area contributed by atoms with Crippen molar-refractivity contribution < 1.29 is 23.1 Å². The summed E-state index contributed by atoms with van der Waals surface area (Å²) in [6.45, 7) is 3.68. The predicted molar refractivity (Wildman–Crippen MR) is 70.9 cm³/mol. The highest BCUT2D eigenvalue weighted by Crippen LogP contribution is 2.24. The molecule has 0 aromatic carbocycles. The van der Waals surface area contributed by atoms with Gasteiger partial charge in [-0.05, 0) is 13.8 Å². The Balaban J connectivity index is 3.10. The lowest BCUT2D eigenvalue weighted by molar-refractivity contribution is -0.137. The quantitative estimate of drug-likeness (QED) is 0.704. The third-order valence-electron chi connectivity index (χ3n) is 2.09. The van der Waals surface area contributed by atoms with Crippen LogP contribution in [0.2, 0.25) is 0 Å². The molecule has 0 spiro atoms. The molecule has 0 saturated heterocycles. The average molecular weight is 322 g/mol. The van der Waals surface area contributed by atoms with E-state index in [1.165, 1.54) is 6.92 Å². The zero-order chi connectivity index (χ0) is 15.5. The van der Waals surface area contributed by atoms with Crippen LogP contribution in [0.1, 0.15) is 20.8 Å². The van der Waals surface area contributed by atoms with Crippen molar-refractivity contribution in [3.63, 3.8) is 0 Å². The minimum atomic E-state index is -4.06. The van der Waals surface area contributed by atoms with E-state index in [4.69, 9.17) is 5.11 Å². The van der Waals surface area contributed by atoms with E-state index in [9.17, 15) is 18.0 Å². The molecule has 0 atom stereocenters. The number of hydrogen-bond acceptors (Lipinski definition) is 7. The van der Waals surface area contributed by atoms with Gasteiger partial charge in [0.15, 0.2) is 0 Å². The first-order valence-corrected chi connectivity index (χ1v) is 7.75. The second-order valence-corrected chi connectivity index (χ2v) is 7.13. The molecule has 1 rings (SSSR count). The molecule has 2 N–H and O–H groups in total. The van der Waals surface area contributed by atoms with Crippen LogP contribution < -0.4 is 5.32 Å². The number of nitrogens with one attached hydrogen (secondary N) is 1. The van der Waals surface area contributed by atoms with Gasteiger partial charge in [0.05, 0.1) is 0 Å². The van der Waals surface area contributed by atoms with Gasteiger partial charge in [0, 0.05) is 13.0 Å². The summed E-state index contributed by atoms with van der Waals surface area (Å²) in [5.74, 6) is -1.68. The SMILES string of the molecule is CC(=O)Nc1nnc(S(=O)(=O)N(CC(=O)O)C(C)C)s1. The number of amides is 1. The van der Waals surface area contributed by atoms with E-state index in [2.05, 4.69) is 15.5 Å². The number of carbonyl (C=O) groups is 2. The van der Waals surface area contributed by atoms with Crippen LogP contribution in [0.3, 0.4) is 0 Å². The topological polar surface area (TPSA) is 130 Å². The summed E-state index contributed by atoms with van der Waals surface area (Å²) in [7, 11) is -4.06. The Labute approximate surface area is 119 Å². The van der Waals surface area contributed by atoms with Crippen LogP contribution in [0.15, 0.2) is 4.34 Å². The van der Waals surface area contributed by atoms with Crippen molar-refractivity contribution in [3.05, 3.63) is 0 Å². The number of nitrogens with zero attached hydrogens (tertiary/aromatic N) is 3. The minimum Gasteiger partial charge on any atom is -0.480 e. The first-order valence-electron chi connectivity index (χ1n) is 5.49. The van der Waals surface area contributed by atoms with Crippen molar-refractivity contribution >= 4 is 38.4 Å². The number of aromatic nitrogens is 2. The molecular weight excluding hydrogens is 308 g/mol. The molecule has 0 radical (unpaired) electrons. The summed E-state index contributed by atoms with van der Waals surface area (Å²) in [6.07, 6.45) is 0. The summed E-state index contributed by atoms with van der Waals surface area (Å²) in [6, 6.07) is -0.552. The van der Waals surface area contributed by atoms with Gasteiger partial charge in [-0.3, -0.25) is 9.59 Å². The van der Waals surface area contributed by atoms with E-state index in [1.54, 1.807) is 13.8 Å². The number of rotatable bonds is 6. The summed E-state index contributed by atoms with van der Waals surface area (Å²) >= 11 is 0.664. The van der Waals surface area contributed by atoms with E-state index in [-0.39, 0.29) is 9.47 Å². The summed E-state index contributed by atoms with van der Waals surface area (Å²) in [5.41, 5.74) is 0. The van der Waals surface area contributed by atoms with Crippen LogP contribution >= 0.6 is 11.3 Å². The van der Waals surface area contributed by atoms with Gasteiger partial charge in [-0.1, -0.05) is 11.3 Å². The molecular formula is C9H14N4O5S2. The Bertz CT molecular complexity index is 610. The Hall–Kier alpha value is -1.59. The molecule has 1 amide bonds. The van der Waals surface area contributed by atoms with Crippen molar-refractivity contribution in [2.45, 2.75) is 31.2 Å². The third kappa shape index (κ3) is 3.95. The van der Waals surface area contributed by atoms with Crippen LogP contribution in [-0.2, 0) is 19.6 Å². The molecule has 1 aromatic heterocycles. The lowest BCUT2D eigenvalue weighted by atomic mass is 10.4. The number of sulfonamides is 1. The molecule has 0 fully saturated rings. The zero-order valence-electron chi connectivity index (χ0n) is 11.0. The van der Waals surface area contributed by atoms with E-state index < -0.39 is 34.5 Å². The Morgan fingerprint density at radius 3 is 2.45 bits per heavy atom. The monoisotopic (exact) mass is 322 g/mol. The minimum absolute atomic E-state index is 0.0371. The molecule has 0 saturated carbocycles. The van der Waals surface area contributed by atoms with Crippen LogP contribution in [-0.4, -0.2) is 52.5 Å². The van der Waals surface area contributed by atoms with Crippen molar-refractivity contribution in [1.29, 1.82) is 0 Å². The maximum absolute atomic E-state index is 12.3. The normalized spacial score (nSPS) is 11.8. The van der Waals surface area contributed by atoms with Crippen molar-refractivity contribution in [2.24, 2.45) is 0 Å². The molecule has 20 heavy (non-hydrogen) atoms. The smallest absolute Gasteiger partial charge is 0.318 e. The Kier molecular flexibility index (Phi) is 5.14. The number of carboxylic acids is 1. The summed E-state index contributed by atoms with van der Waals surface area (Å²) < 4.78 is 25.0. The Morgan fingerprint density at radius 2 is 2.00 bits per heavy atom. The van der Waals surface area contributed by atoms with Gasteiger partial charge >= 0.3 is 5.97 Å². The molecule has 0 aliphatic heterocycles. The molecule has 112 valence electrons. The maximum Gasteiger partial charge on any atom is 0.318 e. The van der Waals surface area contributed by atoms with E-state index in [0.717, 1.165) is 4.31 Å². The standard InChI is InChI=1S/C9H14N4O5S2/c1-5(2)13(4-7(15)16)20(17,18)9-12-11-8(19-9)10-6(3)14/h5H,4H2,1-3H3,(H,15,16)(H,10,11,14). The molecule has 0 bridgehead atoms. The van der Waals surface area contributed by atoms with Gasteiger partial charge in [-0.15, -0.1) is 10.2 Å². The highest BCUT2D eigenvalue weighted by molar-refractivity contribution is 7.91. The van der Waals surface area contributed by atoms with Crippen molar-refractivity contribution in [1.82, 2.24) is 14.5 Å². The van der Waals surface area contributed by atoms with Crippen LogP contribution in [0.25, 0.3) is 0 Å². The molecule has 9 nitrogen and oxygen atoms in total. The van der Waals surface area contributed by atoms with Crippen molar-refractivity contribution in [2.75, 3.05) is 11.9 Å². The third-order valence-corrected chi connectivity index (χ3v) is 5.29. The molecule has 1 heterocycles. The number of hydrogen-bond donors (Lipinski definition) is 2. The number of aliphatic carboxylic acids is 1. The first-order chi connectivity index (χ1) is 9.14. The van der Waals surface area contributed by atoms with Gasteiger partial charge in [-0.2, -0.15) is 4.31 Å². The van der Waals surface area contributed by atoms with E-state index in [0.29, 0.717) is 11.3 Å². The first kappa shape index (κ1) is 16.5. The van der Waals surface area contributed by atoms with E-state index >= 15 is 0 Å². The highest BCUT2D eigenvalue weighted by Gasteiger charge is 2.32. The lowest BCUT2D eigenvalue weighted by Crippen LogP contribution is -2.40. The molecule has 11 heteroatoms. The van der Waals surface area contributed by atoms with Gasteiger partial charge in [0.1, 0.15) is 6.54 Å².